The van der Waals surface area contributed by atoms with Crippen LogP contribution in [-0.2, 0) is 18.3 Å². The third-order valence-electron chi connectivity index (χ3n) is 1.35. The number of aliphatic hydroxyl groups is 1. The minimum atomic E-state index is -2.98. The molecule has 1 saturated heterocycles. The number of ether oxygens (including phenoxy) is 1. The maximum Gasteiger partial charge on any atom is 0.356 e. The molecule has 0 atom stereocenters. The maximum absolute atomic E-state index is 11.5. The van der Waals surface area contributed by atoms with Crippen LogP contribution >= 0.6 is 7.60 Å². The monoisotopic (exact) mass is 196 g/mol. The van der Waals surface area contributed by atoms with E-state index in [-0.39, 0.29) is 19.6 Å². The fourth-order valence-electron chi connectivity index (χ4n) is 0.819. The molecule has 0 spiro atoms. The van der Waals surface area contributed by atoms with E-state index in [9.17, 15) is 4.57 Å². The Bertz CT molecular complexity index is 161. The Morgan fingerprint density at radius 1 is 1.42 bits per heavy atom. The zero-order valence-electron chi connectivity index (χ0n) is 6.77. The summed E-state index contributed by atoms with van der Waals surface area (Å²) in [5, 5.41) is 8.38. The molecule has 1 fully saturated rings. The third kappa shape index (κ3) is 3.21. The molecule has 0 bridgehead atoms. The molecule has 1 heterocycles. The van der Waals surface area contributed by atoms with E-state index in [0.717, 1.165) is 6.42 Å². The lowest BCUT2D eigenvalue weighted by Gasteiger charge is -2.22. The van der Waals surface area contributed by atoms with Crippen molar-refractivity contribution in [2.24, 2.45) is 0 Å². The van der Waals surface area contributed by atoms with Crippen LogP contribution in [0.25, 0.3) is 0 Å². The van der Waals surface area contributed by atoms with E-state index in [1.54, 1.807) is 0 Å². The summed E-state index contributed by atoms with van der Waals surface area (Å²) in [5.41, 5.74) is 0. The van der Waals surface area contributed by atoms with Gasteiger partial charge in [-0.3, -0.25) is 4.57 Å². The minimum absolute atomic E-state index is 0.0619. The molecule has 1 aliphatic heterocycles. The molecule has 0 aromatic carbocycles. The summed E-state index contributed by atoms with van der Waals surface area (Å²) in [6.07, 6.45) is 0.706. The van der Waals surface area contributed by atoms with Gasteiger partial charge in [0.2, 0.25) is 0 Å². The predicted octanol–water partition coefficient (Wildman–Crippen LogP) is 0.583. The fraction of sp³-hybridized carbons (Fsp3) is 1.00. The lowest BCUT2D eigenvalue weighted by molar-refractivity contribution is 0.0825. The molecular weight excluding hydrogens is 183 g/mol. The molecular formula is C6H13O5P. The largest absolute Gasteiger partial charge is 0.394 e. The lowest BCUT2D eigenvalue weighted by Crippen LogP contribution is -2.12. The highest BCUT2D eigenvalue weighted by atomic mass is 31.2. The molecule has 0 amide bonds. The molecule has 72 valence electrons. The average Bonchev–Trinajstić information content (AvgIpc) is 2.06. The summed E-state index contributed by atoms with van der Waals surface area (Å²) in [6, 6.07) is 0. The van der Waals surface area contributed by atoms with Crippen molar-refractivity contribution in [2.75, 3.05) is 32.8 Å². The van der Waals surface area contributed by atoms with Gasteiger partial charge in [-0.2, -0.15) is 0 Å². The number of hydrogen-bond acceptors (Lipinski definition) is 5. The topological polar surface area (TPSA) is 65.0 Å². The first-order chi connectivity index (χ1) is 5.77. The van der Waals surface area contributed by atoms with Gasteiger partial charge in [-0.15, -0.1) is 0 Å². The Balaban J connectivity index is 2.22. The third-order valence-corrected chi connectivity index (χ3v) is 3.00. The summed E-state index contributed by atoms with van der Waals surface area (Å²) in [7, 11) is -2.98. The Morgan fingerprint density at radius 3 is 2.67 bits per heavy atom. The van der Waals surface area contributed by atoms with E-state index in [1.165, 1.54) is 0 Å². The van der Waals surface area contributed by atoms with Crippen LogP contribution in [0.15, 0.2) is 0 Å². The van der Waals surface area contributed by atoms with Gasteiger partial charge in [0.25, 0.3) is 0 Å². The van der Waals surface area contributed by atoms with Gasteiger partial charge in [0.05, 0.1) is 26.4 Å². The Labute approximate surface area is 71.2 Å². The smallest absolute Gasteiger partial charge is 0.356 e. The lowest BCUT2D eigenvalue weighted by atomic mass is 10.5. The second-order valence-corrected chi connectivity index (χ2v) is 4.39. The molecule has 5 nitrogen and oxygen atoms in total. The molecule has 1 aliphatic rings. The minimum Gasteiger partial charge on any atom is -0.394 e. The van der Waals surface area contributed by atoms with Gasteiger partial charge < -0.3 is 18.9 Å². The summed E-state index contributed by atoms with van der Waals surface area (Å²) < 4.78 is 26.2. The van der Waals surface area contributed by atoms with Gasteiger partial charge in [-0.1, -0.05) is 0 Å². The molecule has 0 unspecified atom stereocenters. The van der Waals surface area contributed by atoms with E-state index in [4.69, 9.17) is 18.9 Å². The molecule has 0 aliphatic carbocycles. The van der Waals surface area contributed by atoms with Gasteiger partial charge in [-0.05, 0) is 6.42 Å². The average molecular weight is 196 g/mol. The van der Waals surface area contributed by atoms with Crippen LogP contribution in [-0.4, -0.2) is 37.9 Å². The van der Waals surface area contributed by atoms with Crippen molar-refractivity contribution in [3.05, 3.63) is 0 Å². The zero-order valence-corrected chi connectivity index (χ0v) is 7.66. The van der Waals surface area contributed by atoms with E-state index in [0.29, 0.717) is 13.2 Å². The number of hydrogen-bond donors (Lipinski definition) is 1. The standard InChI is InChI=1S/C6H13O5P/c7-2-5-9-6-12(8)10-3-1-4-11-12/h7H,1-6H2. The highest BCUT2D eigenvalue weighted by Crippen LogP contribution is 2.50. The van der Waals surface area contributed by atoms with E-state index >= 15 is 0 Å². The van der Waals surface area contributed by atoms with Gasteiger partial charge in [0, 0.05) is 0 Å². The molecule has 0 saturated carbocycles. The molecule has 6 heteroatoms. The first kappa shape index (κ1) is 10.2. The van der Waals surface area contributed by atoms with E-state index < -0.39 is 7.60 Å². The summed E-state index contributed by atoms with van der Waals surface area (Å²) in [5.74, 6) is 0. The van der Waals surface area contributed by atoms with Crippen LogP contribution in [0.1, 0.15) is 6.42 Å². The Morgan fingerprint density at radius 2 is 2.08 bits per heavy atom. The SMILES string of the molecule is O=P1(COCCO)OCCCO1. The highest BCUT2D eigenvalue weighted by Gasteiger charge is 2.27. The van der Waals surface area contributed by atoms with Gasteiger partial charge in [0.1, 0.15) is 6.35 Å². The van der Waals surface area contributed by atoms with Crippen LogP contribution in [0.2, 0.25) is 0 Å². The van der Waals surface area contributed by atoms with Crippen molar-refractivity contribution in [2.45, 2.75) is 6.42 Å². The molecule has 0 aromatic rings. The van der Waals surface area contributed by atoms with Crippen molar-refractivity contribution < 1.29 is 23.5 Å². The summed E-state index contributed by atoms with van der Waals surface area (Å²) in [6.45, 7) is 0.996. The normalized spacial score (nSPS) is 22.4. The Hall–Kier alpha value is 0.0700. The number of rotatable bonds is 4. The van der Waals surface area contributed by atoms with Crippen molar-refractivity contribution >= 4 is 7.60 Å². The molecule has 12 heavy (non-hydrogen) atoms. The second-order valence-electron chi connectivity index (χ2n) is 2.39. The second kappa shape index (κ2) is 4.94. The van der Waals surface area contributed by atoms with Crippen LogP contribution in [0, 0.1) is 0 Å². The molecule has 1 rings (SSSR count). The van der Waals surface area contributed by atoms with Crippen molar-refractivity contribution in [3.63, 3.8) is 0 Å². The number of aliphatic hydroxyl groups excluding tert-OH is 1. The van der Waals surface area contributed by atoms with Gasteiger partial charge >= 0.3 is 7.60 Å². The van der Waals surface area contributed by atoms with Crippen LogP contribution in [0.5, 0.6) is 0 Å². The predicted molar refractivity (Wildman–Crippen MR) is 42.0 cm³/mol. The molecule has 0 aromatic heterocycles. The van der Waals surface area contributed by atoms with E-state index in [2.05, 4.69) is 0 Å². The summed E-state index contributed by atoms with van der Waals surface area (Å²) in [4.78, 5) is 0. The van der Waals surface area contributed by atoms with Crippen LogP contribution in [0.4, 0.5) is 0 Å². The summed E-state index contributed by atoms with van der Waals surface area (Å²) >= 11 is 0. The quantitative estimate of drug-likeness (QED) is 0.526. The Kier molecular flexibility index (Phi) is 4.18. The maximum atomic E-state index is 11.5. The molecule has 1 N–H and O–H groups in total. The fourth-order valence-corrected chi connectivity index (χ4v) is 2.21. The van der Waals surface area contributed by atoms with Crippen LogP contribution in [0.3, 0.4) is 0 Å². The van der Waals surface area contributed by atoms with E-state index in [1.807, 2.05) is 0 Å². The van der Waals surface area contributed by atoms with Gasteiger partial charge in [0.15, 0.2) is 0 Å². The van der Waals surface area contributed by atoms with Crippen molar-refractivity contribution in [3.8, 4) is 0 Å². The van der Waals surface area contributed by atoms with Crippen molar-refractivity contribution in [1.29, 1.82) is 0 Å². The first-order valence-electron chi connectivity index (χ1n) is 3.83. The van der Waals surface area contributed by atoms with Gasteiger partial charge in [-0.25, -0.2) is 0 Å². The highest BCUT2D eigenvalue weighted by molar-refractivity contribution is 7.53. The van der Waals surface area contributed by atoms with Crippen molar-refractivity contribution in [1.82, 2.24) is 0 Å². The first-order valence-corrected chi connectivity index (χ1v) is 5.56. The zero-order chi connectivity index (χ0) is 8.86. The molecule has 0 radical (unpaired) electrons. The van der Waals surface area contributed by atoms with Crippen LogP contribution < -0.4 is 0 Å².